The smallest absolute Gasteiger partial charge is 0.431 e. The zero-order valence-electron chi connectivity index (χ0n) is 13.3. The first-order valence-corrected chi connectivity index (χ1v) is 7.70. The van der Waals surface area contributed by atoms with Crippen LogP contribution in [0.5, 0.6) is 5.75 Å². The van der Waals surface area contributed by atoms with E-state index >= 15 is 0 Å². The molecule has 0 saturated heterocycles. The molecule has 1 aliphatic carbocycles. The van der Waals surface area contributed by atoms with Crippen LogP contribution in [0, 0.1) is 5.92 Å². The number of benzene rings is 1. The Morgan fingerprint density at radius 1 is 1.27 bits per heavy atom. The van der Waals surface area contributed by atoms with Crippen LogP contribution in [0.15, 0.2) is 34.9 Å². The van der Waals surface area contributed by atoms with Gasteiger partial charge in [0, 0.05) is 18.0 Å². The lowest BCUT2D eigenvalue weighted by Crippen LogP contribution is -2.24. The van der Waals surface area contributed by atoms with Gasteiger partial charge in [0.05, 0.1) is 0 Å². The highest BCUT2D eigenvalue weighted by Crippen LogP contribution is 2.30. The highest BCUT2D eigenvalue weighted by atomic mass is 19.4. The maximum atomic E-state index is 12.4. The number of nitrogens with one attached hydrogen (secondary N) is 2. The fourth-order valence-corrected chi connectivity index (χ4v) is 2.13. The van der Waals surface area contributed by atoms with Crippen LogP contribution in [-0.2, 0) is 11.3 Å². The zero-order chi connectivity index (χ0) is 18.7. The number of amides is 2. The third-order valence-electron chi connectivity index (χ3n) is 3.55. The van der Waals surface area contributed by atoms with E-state index in [-0.39, 0.29) is 35.6 Å². The fraction of sp³-hybridized carbons (Fsp3) is 0.312. The van der Waals surface area contributed by atoms with Crippen LogP contribution in [0.25, 0.3) is 0 Å². The van der Waals surface area contributed by atoms with E-state index in [9.17, 15) is 22.8 Å². The van der Waals surface area contributed by atoms with Crippen molar-refractivity contribution < 1.29 is 31.9 Å². The number of anilines is 1. The van der Waals surface area contributed by atoms with Gasteiger partial charge in [0.1, 0.15) is 12.0 Å². The summed E-state index contributed by atoms with van der Waals surface area (Å²) < 4.78 is 46.1. The summed E-state index contributed by atoms with van der Waals surface area (Å²) in [6, 6.07) is 5.35. The van der Waals surface area contributed by atoms with E-state index in [2.05, 4.69) is 20.4 Å². The Hall–Kier alpha value is -3.04. The van der Waals surface area contributed by atoms with Crippen molar-refractivity contribution in [3.8, 4) is 5.75 Å². The van der Waals surface area contributed by atoms with Gasteiger partial charge < -0.3 is 14.5 Å². The second-order valence-electron chi connectivity index (χ2n) is 5.64. The van der Waals surface area contributed by atoms with E-state index in [1.807, 2.05) is 0 Å². The van der Waals surface area contributed by atoms with Crippen LogP contribution in [0.1, 0.15) is 28.9 Å². The van der Waals surface area contributed by atoms with Crippen LogP contribution < -0.4 is 15.4 Å². The topological polar surface area (TPSA) is 93.5 Å². The van der Waals surface area contributed by atoms with Crippen molar-refractivity contribution >= 4 is 17.8 Å². The summed E-state index contributed by atoms with van der Waals surface area (Å²) in [5, 5.41) is 4.87. The highest BCUT2D eigenvalue weighted by Gasteiger charge is 2.32. The monoisotopic (exact) mass is 369 g/mol. The second-order valence-corrected chi connectivity index (χ2v) is 5.64. The first kappa shape index (κ1) is 17.8. The second kappa shape index (κ2) is 7.06. The van der Waals surface area contributed by atoms with Gasteiger partial charge in [0.2, 0.25) is 5.91 Å². The number of oxazole rings is 1. The molecule has 7 nitrogen and oxygen atoms in total. The third kappa shape index (κ3) is 4.74. The van der Waals surface area contributed by atoms with Crippen LogP contribution in [0.3, 0.4) is 0 Å². The summed E-state index contributed by atoms with van der Waals surface area (Å²) >= 11 is 0. The molecule has 138 valence electrons. The summed E-state index contributed by atoms with van der Waals surface area (Å²) in [4.78, 5) is 27.5. The molecule has 2 N–H and O–H groups in total. The molecule has 0 bridgehead atoms. The largest absolute Gasteiger partial charge is 0.573 e. The van der Waals surface area contributed by atoms with Crippen LogP contribution in [-0.4, -0.2) is 23.2 Å². The number of nitrogens with zero attached hydrogens (tertiary/aromatic N) is 1. The van der Waals surface area contributed by atoms with E-state index in [0.717, 1.165) is 25.2 Å². The minimum Gasteiger partial charge on any atom is -0.431 e. The Morgan fingerprint density at radius 2 is 2.00 bits per heavy atom. The molecule has 1 fully saturated rings. The Kier molecular flexibility index (Phi) is 4.83. The van der Waals surface area contributed by atoms with Crippen LogP contribution >= 0.6 is 0 Å². The molecule has 1 heterocycles. The first-order chi connectivity index (χ1) is 12.3. The summed E-state index contributed by atoms with van der Waals surface area (Å²) in [5.74, 6) is -1.35. The van der Waals surface area contributed by atoms with E-state index < -0.39 is 18.0 Å². The molecule has 1 saturated carbocycles. The Labute approximate surface area is 145 Å². The standard InChI is InChI=1S/C16H14F3N3O4/c17-16(18,19)26-12-4-2-1-3-10(12)7-20-14(24)11-8-25-15(21-11)22-13(23)9-5-6-9/h1-4,8-9H,5-7H2,(H,20,24)(H,21,22,23). The number of carbonyl (C=O) groups is 2. The predicted molar refractivity (Wildman–Crippen MR) is 82.2 cm³/mol. The number of para-hydroxylation sites is 1. The lowest BCUT2D eigenvalue weighted by Gasteiger charge is -2.13. The van der Waals surface area contributed by atoms with Crippen LogP contribution in [0.4, 0.5) is 19.2 Å². The average Bonchev–Trinajstić information content (AvgIpc) is 3.32. The lowest BCUT2D eigenvalue weighted by molar-refractivity contribution is -0.274. The molecular weight excluding hydrogens is 355 g/mol. The van der Waals surface area contributed by atoms with Gasteiger partial charge in [-0.3, -0.25) is 14.9 Å². The summed E-state index contributed by atoms with van der Waals surface area (Å²) in [6.45, 7) is -0.207. The van der Waals surface area contributed by atoms with Crippen molar-refractivity contribution in [2.75, 3.05) is 5.32 Å². The molecule has 0 spiro atoms. The number of rotatable bonds is 6. The molecule has 26 heavy (non-hydrogen) atoms. The molecule has 1 aromatic heterocycles. The average molecular weight is 369 g/mol. The summed E-state index contributed by atoms with van der Waals surface area (Å²) in [7, 11) is 0. The SMILES string of the molecule is O=C(NCc1ccccc1OC(F)(F)F)c1coc(NC(=O)C2CC2)n1. The number of hydrogen-bond donors (Lipinski definition) is 2. The van der Waals surface area contributed by atoms with Crippen molar-refractivity contribution in [3.05, 3.63) is 41.8 Å². The molecule has 10 heteroatoms. The molecule has 3 rings (SSSR count). The number of alkyl halides is 3. The fourth-order valence-electron chi connectivity index (χ4n) is 2.13. The molecule has 2 amide bonds. The first-order valence-electron chi connectivity index (χ1n) is 7.70. The molecule has 0 atom stereocenters. The maximum Gasteiger partial charge on any atom is 0.573 e. The Morgan fingerprint density at radius 3 is 2.69 bits per heavy atom. The minimum absolute atomic E-state index is 0.0516. The maximum absolute atomic E-state index is 12.4. The number of halogens is 3. The molecular formula is C16H14F3N3O4. The molecule has 1 aliphatic rings. The normalized spacial score (nSPS) is 14.0. The van der Waals surface area contributed by atoms with Gasteiger partial charge >= 0.3 is 12.4 Å². The Balaban J connectivity index is 1.59. The molecule has 2 aromatic rings. The molecule has 0 aliphatic heterocycles. The summed E-state index contributed by atoms with van der Waals surface area (Å²) in [6.07, 6.45) is -2.17. The predicted octanol–water partition coefficient (Wildman–Crippen LogP) is 2.85. The number of hydrogen-bond acceptors (Lipinski definition) is 5. The van der Waals surface area contributed by atoms with E-state index in [0.29, 0.717) is 0 Å². The highest BCUT2D eigenvalue weighted by molar-refractivity contribution is 5.94. The quantitative estimate of drug-likeness (QED) is 0.817. The van der Waals surface area contributed by atoms with Gasteiger partial charge in [-0.15, -0.1) is 13.2 Å². The van der Waals surface area contributed by atoms with Gasteiger partial charge in [-0.25, -0.2) is 0 Å². The third-order valence-corrected chi connectivity index (χ3v) is 3.55. The van der Waals surface area contributed by atoms with Gasteiger partial charge in [-0.1, -0.05) is 18.2 Å². The van der Waals surface area contributed by atoms with E-state index in [1.165, 1.54) is 18.2 Å². The lowest BCUT2D eigenvalue weighted by atomic mass is 10.2. The number of ether oxygens (including phenoxy) is 1. The number of carbonyl (C=O) groups excluding carboxylic acids is 2. The van der Waals surface area contributed by atoms with Gasteiger partial charge in [0.25, 0.3) is 5.91 Å². The molecule has 1 aromatic carbocycles. The van der Waals surface area contributed by atoms with Crippen molar-refractivity contribution in [2.45, 2.75) is 25.7 Å². The van der Waals surface area contributed by atoms with Crippen LogP contribution in [0.2, 0.25) is 0 Å². The summed E-state index contributed by atoms with van der Waals surface area (Å²) in [5.41, 5.74) is 0.0363. The van der Waals surface area contributed by atoms with Gasteiger partial charge in [0.15, 0.2) is 5.69 Å². The van der Waals surface area contributed by atoms with E-state index in [1.54, 1.807) is 0 Å². The minimum atomic E-state index is -4.83. The van der Waals surface area contributed by atoms with Crippen molar-refractivity contribution in [1.29, 1.82) is 0 Å². The van der Waals surface area contributed by atoms with Gasteiger partial charge in [-0.05, 0) is 18.9 Å². The van der Waals surface area contributed by atoms with Crippen molar-refractivity contribution in [2.24, 2.45) is 5.92 Å². The van der Waals surface area contributed by atoms with E-state index in [4.69, 9.17) is 4.42 Å². The van der Waals surface area contributed by atoms with Crippen molar-refractivity contribution in [3.63, 3.8) is 0 Å². The number of aromatic nitrogens is 1. The molecule has 0 unspecified atom stereocenters. The Bertz CT molecular complexity index is 815. The van der Waals surface area contributed by atoms with Crippen molar-refractivity contribution in [1.82, 2.24) is 10.3 Å². The molecule has 0 radical (unpaired) electrons. The zero-order valence-corrected chi connectivity index (χ0v) is 13.3. The van der Waals surface area contributed by atoms with Gasteiger partial charge in [-0.2, -0.15) is 4.98 Å².